The fourth-order valence-corrected chi connectivity index (χ4v) is 18.1. The van der Waals surface area contributed by atoms with E-state index in [9.17, 15) is 4.79 Å². The molecule has 29 heavy (non-hydrogen) atoms. The molecule has 0 saturated carbocycles. The van der Waals surface area contributed by atoms with Gasteiger partial charge in [0, 0.05) is 25.0 Å². The Bertz CT molecular complexity index is 533. The van der Waals surface area contributed by atoms with Crippen molar-refractivity contribution in [3.63, 3.8) is 0 Å². The number of hydrogen-bond acceptors (Lipinski definition) is 3. The summed E-state index contributed by atoms with van der Waals surface area (Å²) >= 11 is -2.69. The topological polar surface area (TPSA) is 54.9 Å². The van der Waals surface area contributed by atoms with Gasteiger partial charge in [-0.3, -0.25) is 9.97 Å². The van der Waals surface area contributed by atoms with Crippen LogP contribution in [-0.2, 0) is 6.42 Å². The molecular weight excluding hydrogens is 465 g/mol. The first-order chi connectivity index (χ1) is 13.7. The van der Waals surface area contributed by atoms with Crippen LogP contribution >= 0.6 is 0 Å². The molecule has 0 aromatic carbocycles. The number of amides is 1. The summed E-state index contributed by atoms with van der Waals surface area (Å²) in [6.45, 7) is 16.7. The van der Waals surface area contributed by atoms with Crippen molar-refractivity contribution in [1.82, 2.24) is 15.3 Å². The van der Waals surface area contributed by atoms with Gasteiger partial charge in [0.25, 0.3) is 0 Å². The molecule has 0 radical (unpaired) electrons. The Hall–Kier alpha value is -0.911. The molecule has 5 heteroatoms. The molecule has 166 valence electrons. The van der Waals surface area contributed by atoms with E-state index in [1.54, 1.807) is 18.6 Å². The number of nitrogens with zero attached hydrogens (tertiary/aromatic N) is 2. The van der Waals surface area contributed by atoms with Gasteiger partial charge in [0.15, 0.2) is 0 Å². The summed E-state index contributed by atoms with van der Waals surface area (Å²) in [5.74, 6) is 0. The van der Waals surface area contributed by atoms with Crippen molar-refractivity contribution in [3.8, 4) is 0 Å². The van der Waals surface area contributed by atoms with Crippen LogP contribution in [0.4, 0.5) is 4.79 Å². The van der Waals surface area contributed by atoms with Crippen molar-refractivity contribution in [2.24, 2.45) is 0 Å². The van der Waals surface area contributed by atoms with E-state index in [1.807, 2.05) is 6.08 Å². The van der Waals surface area contributed by atoms with Gasteiger partial charge in [0.05, 0.1) is 5.69 Å². The number of hydrogen-bond donors (Lipinski definition) is 1. The summed E-state index contributed by atoms with van der Waals surface area (Å²) < 4.78 is 4.27. The number of nitrogens with one attached hydrogen (secondary N) is 1. The van der Waals surface area contributed by atoms with E-state index in [-0.39, 0.29) is 5.54 Å². The van der Waals surface area contributed by atoms with E-state index >= 15 is 0 Å². The Labute approximate surface area is 184 Å². The molecule has 0 unspecified atom stereocenters. The van der Waals surface area contributed by atoms with Crippen LogP contribution in [-0.4, -0.2) is 37.8 Å². The second-order valence-corrected chi connectivity index (χ2v) is 21.9. The summed E-state index contributed by atoms with van der Waals surface area (Å²) in [5.41, 5.74) is 0.886. The van der Waals surface area contributed by atoms with Gasteiger partial charge >= 0.3 is 131 Å². The predicted octanol–water partition coefficient (Wildman–Crippen LogP) is 7.13. The quantitative estimate of drug-likeness (QED) is 0.241. The van der Waals surface area contributed by atoms with E-state index in [4.69, 9.17) is 0 Å². The van der Waals surface area contributed by atoms with Gasteiger partial charge in [-0.1, -0.05) is 6.08 Å². The molecule has 1 N–H and O–H groups in total. The molecule has 0 aliphatic rings. The molecule has 1 aromatic heterocycles. The van der Waals surface area contributed by atoms with Gasteiger partial charge in [-0.25, -0.2) is 0 Å². The zero-order valence-corrected chi connectivity index (χ0v) is 22.7. The Kier molecular flexibility index (Phi) is 15.4. The summed E-state index contributed by atoms with van der Waals surface area (Å²) in [5, 5.41) is 3.34. The van der Waals surface area contributed by atoms with Gasteiger partial charge in [-0.2, -0.15) is 0 Å². The van der Waals surface area contributed by atoms with E-state index in [0.29, 0.717) is 3.92 Å². The van der Waals surface area contributed by atoms with Gasteiger partial charge in [0.2, 0.25) is 0 Å². The average molecular weight is 510 g/mol. The van der Waals surface area contributed by atoms with Crippen molar-refractivity contribution < 1.29 is 4.79 Å². The molecule has 0 saturated heterocycles. The number of carbonyl (C=O) groups is 1. The van der Waals surface area contributed by atoms with E-state index in [1.165, 1.54) is 51.8 Å². The first kappa shape index (κ1) is 28.1. The normalized spacial score (nSPS) is 11.4. The number of allylic oxidation sites excluding steroid dienone is 1. The van der Waals surface area contributed by atoms with E-state index in [0.717, 1.165) is 12.1 Å². The van der Waals surface area contributed by atoms with Crippen LogP contribution in [0.25, 0.3) is 0 Å². The molecule has 0 spiro atoms. The van der Waals surface area contributed by atoms with Crippen LogP contribution < -0.4 is 5.32 Å². The molecule has 1 heterocycles. The van der Waals surface area contributed by atoms with Crippen molar-refractivity contribution in [1.29, 1.82) is 0 Å². The Morgan fingerprint density at radius 2 is 1.55 bits per heavy atom. The Morgan fingerprint density at radius 1 is 1.03 bits per heavy atom. The minimum atomic E-state index is -2.69. The standard InChI is InChI=1S/C7H8N2.C5H10NO.3C4H9.Sn/c1-2-3-7-6-8-4-5-9-7;1-5(2,3)6-4-7;3*1-3-4-2;/h2,4-6H,1,3H2;1-3H3,(H,6,7);3*1,3-4H2,2H3;. The Balaban J connectivity index is 0.000000717. The zero-order chi connectivity index (χ0) is 22.2. The van der Waals surface area contributed by atoms with Gasteiger partial charge in [-0.05, 0) is 0 Å². The summed E-state index contributed by atoms with van der Waals surface area (Å²) in [6.07, 6.45) is 15.1. The molecule has 0 atom stereocenters. The van der Waals surface area contributed by atoms with Crippen LogP contribution in [0.15, 0.2) is 31.2 Å². The molecule has 0 bridgehead atoms. The number of unbranched alkanes of at least 4 members (excludes halogenated alkanes) is 3. The van der Waals surface area contributed by atoms with Crippen LogP contribution in [0.3, 0.4) is 0 Å². The monoisotopic (exact) mass is 511 g/mol. The third-order valence-corrected chi connectivity index (χ3v) is 19.3. The van der Waals surface area contributed by atoms with Crippen molar-refractivity contribution in [2.45, 2.75) is 105 Å². The zero-order valence-electron chi connectivity index (χ0n) is 19.9. The molecule has 4 nitrogen and oxygen atoms in total. The summed E-state index contributed by atoms with van der Waals surface area (Å²) in [7, 11) is 0. The second kappa shape index (κ2) is 15.9. The number of aromatic nitrogens is 2. The maximum absolute atomic E-state index is 13.0. The van der Waals surface area contributed by atoms with Gasteiger partial charge in [-0.15, -0.1) is 6.58 Å². The van der Waals surface area contributed by atoms with Crippen LogP contribution in [0, 0.1) is 0 Å². The van der Waals surface area contributed by atoms with E-state index < -0.39 is 18.4 Å². The van der Waals surface area contributed by atoms with E-state index in [2.05, 4.69) is 63.4 Å². The predicted molar refractivity (Wildman–Crippen MR) is 129 cm³/mol. The average Bonchev–Trinajstić information content (AvgIpc) is 2.68. The van der Waals surface area contributed by atoms with Crippen molar-refractivity contribution >= 4 is 22.3 Å². The first-order valence-corrected chi connectivity index (χ1v) is 18.9. The molecular formula is C24H45N3OSn. The van der Waals surface area contributed by atoms with Crippen molar-refractivity contribution in [2.75, 3.05) is 0 Å². The second-order valence-electron chi connectivity index (χ2n) is 8.98. The minimum absolute atomic E-state index is 0.0795. The third kappa shape index (κ3) is 13.1. The van der Waals surface area contributed by atoms with Gasteiger partial charge in [0.1, 0.15) is 0 Å². The van der Waals surface area contributed by atoms with Crippen LogP contribution in [0.2, 0.25) is 13.3 Å². The molecule has 0 aliphatic carbocycles. The van der Waals surface area contributed by atoms with Crippen LogP contribution in [0.1, 0.15) is 85.8 Å². The molecule has 0 aliphatic heterocycles. The maximum atomic E-state index is 13.0. The molecule has 1 aromatic rings. The Morgan fingerprint density at radius 3 is 1.90 bits per heavy atom. The first-order valence-electron chi connectivity index (χ1n) is 11.4. The fourth-order valence-electron chi connectivity index (χ4n) is 3.32. The summed E-state index contributed by atoms with van der Waals surface area (Å²) in [6, 6.07) is 0. The number of carbonyl (C=O) groups excluding carboxylic acids is 1. The summed E-state index contributed by atoms with van der Waals surface area (Å²) in [4.78, 5) is 20.9. The van der Waals surface area contributed by atoms with Gasteiger partial charge < -0.3 is 0 Å². The number of rotatable bonds is 12. The fraction of sp³-hybridized carbons (Fsp3) is 0.708. The third-order valence-electron chi connectivity index (χ3n) is 4.97. The van der Waals surface area contributed by atoms with Crippen molar-refractivity contribution in [3.05, 3.63) is 36.9 Å². The molecule has 1 amide bonds. The molecule has 0 fully saturated rings. The van der Waals surface area contributed by atoms with Crippen LogP contribution in [0.5, 0.6) is 0 Å². The SMILES string of the molecule is C=CCc1cnccn1.CCC[CH2][Sn]([CH2]CCC)([CH2]CCC)[C](=O)NC(C)(C)C. The molecule has 1 rings (SSSR count).